The molecule has 1 aliphatic rings. The van der Waals surface area contributed by atoms with Gasteiger partial charge in [-0.15, -0.1) is 0 Å². The molecule has 5 rings (SSSR count). The monoisotopic (exact) mass is 468 g/mol. The second kappa shape index (κ2) is 8.96. The fourth-order valence-corrected chi connectivity index (χ4v) is 4.09. The summed E-state index contributed by atoms with van der Waals surface area (Å²) in [4.78, 5) is 20.2. The number of aryl methyl sites for hydroxylation is 1. The molecule has 1 saturated heterocycles. The van der Waals surface area contributed by atoms with Gasteiger partial charge in [-0.2, -0.15) is 0 Å². The molecule has 8 nitrogen and oxygen atoms in total. The van der Waals surface area contributed by atoms with Crippen molar-refractivity contribution in [2.45, 2.75) is 19.4 Å². The van der Waals surface area contributed by atoms with Crippen molar-refractivity contribution in [1.29, 1.82) is 0 Å². The maximum Gasteiger partial charge on any atom is 0.360 e. The number of nitrogens with one attached hydrogen (secondary N) is 1. The summed E-state index contributed by atoms with van der Waals surface area (Å²) in [5.74, 6) is -2.46. The van der Waals surface area contributed by atoms with E-state index >= 15 is 8.78 Å². The van der Waals surface area contributed by atoms with Gasteiger partial charge in [0.2, 0.25) is 5.89 Å². The van der Waals surface area contributed by atoms with Crippen LogP contribution in [0.4, 0.5) is 8.78 Å². The number of ether oxygens (including phenoxy) is 2. The number of nitrogens with zero attached hydrogens (tertiary/aromatic N) is 3. The number of rotatable bonds is 5. The van der Waals surface area contributed by atoms with Crippen LogP contribution in [-0.2, 0) is 15.9 Å². The van der Waals surface area contributed by atoms with Gasteiger partial charge in [0.25, 0.3) is 0 Å². The normalized spacial score (nSPS) is 16.2. The van der Waals surface area contributed by atoms with Gasteiger partial charge >= 0.3 is 5.97 Å². The number of carbonyl (C=O) groups is 1. The number of morpholine rings is 1. The van der Waals surface area contributed by atoms with E-state index in [2.05, 4.69) is 20.0 Å². The zero-order valence-electron chi connectivity index (χ0n) is 18.6. The van der Waals surface area contributed by atoms with Gasteiger partial charge in [0.05, 0.1) is 36.8 Å². The molecule has 0 saturated carbocycles. The van der Waals surface area contributed by atoms with E-state index in [1.807, 2.05) is 29.7 Å². The molecule has 0 bridgehead atoms. The molecule has 10 heteroatoms. The highest BCUT2D eigenvalue weighted by molar-refractivity contribution is 5.87. The van der Waals surface area contributed by atoms with Gasteiger partial charge in [-0.25, -0.2) is 23.5 Å². The predicted molar refractivity (Wildman–Crippen MR) is 118 cm³/mol. The zero-order valence-corrected chi connectivity index (χ0v) is 18.6. The molecule has 0 radical (unpaired) electrons. The van der Waals surface area contributed by atoms with Gasteiger partial charge < -0.3 is 23.6 Å². The highest BCUT2D eigenvalue weighted by atomic mass is 19.1. The molecule has 0 aliphatic carbocycles. The van der Waals surface area contributed by atoms with Crippen LogP contribution in [0.5, 0.6) is 0 Å². The lowest BCUT2D eigenvalue weighted by atomic mass is 10.0. The van der Waals surface area contributed by atoms with Gasteiger partial charge in [0.15, 0.2) is 5.69 Å². The Bertz CT molecular complexity index is 1350. The maximum absolute atomic E-state index is 15.4. The molecule has 34 heavy (non-hydrogen) atoms. The Kier molecular flexibility index (Phi) is 5.84. The minimum absolute atomic E-state index is 0.0508. The molecule has 0 spiro atoms. The van der Waals surface area contributed by atoms with Crippen molar-refractivity contribution in [3.8, 4) is 22.7 Å². The minimum atomic E-state index is -0.822. The minimum Gasteiger partial charge on any atom is -0.464 e. The lowest BCUT2D eigenvalue weighted by Crippen LogP contribution is -2.39. The number of methoxy groups -OCH3 is 1. The third kappa shape index (κ3) is 4.06. The quantitative estimate of drug-likeness (QED) is 0.448. The van der Waals surface area contributed by atoms with E-state index in [1.165, 1.54) is 7.11 Å². The molecule has 1 atom stereocenters. The molecule has 4 aromatic rings. The van der Waals surface area contributed by atoms with Crippen molar-refractivity contribution < 1.29 is 27.5 Å². The van der Waals surface area contributed by atoms with Gasteiger partial charge in [-0.05, 0) is 36.8 Å². The molecule has 1 aliphatic heterocycles. The van der Waals surface area contributed by atoms with Crippen molar-refractivity contribution in [3.05, 3.63) is 65.3 Å². The van der Waals surface area contributed by atoms with Crippen LogP contribution >= 0.6 is 0 Å². The predicted octanol–water partition coefficient (Wildman–Crippen LogP) is 3.56. The molecule has 1 aromatic carbocycles. The van der Waals surface area contributed by atoms with Crippen LogP contribution in [0.25, 0.3) is 28.4 Å². The van der Waals surface area contributed by atoms with E-state index in [0.29, 0.717) is 30.9 Å². The summed E-state index contributed by atoms with van der Waals surface area (Å²) in [6, 6.07) is 6.00. The Morgan fingerprint density at radius 2 is 2.06 bits per heavy atom. The fourth-order valence-electron chi connectivity index (χ4n) is 4.09. The lowest BCUT2D eigenvalue weighted by molar-refractivity contribution is 0.0286. The molecule has 1 fully saturated rings. The zero-order chi connectivity index (χ0) is 23.8. The first kappa shape index (κ1) is 22.2. The van der Waals surface area contributed by atoms with Crippen molar-refractivity contribution in [1.82, 2.24) is 19.7 Å². The number of halogens is 2. The number of aromatic nitrogens is 3. The second-order valence-corrected chi connectivity index (χ2v) is 8.08. The third-order valence-electron chi connectivity index (χ3n) is 5.73. The molecule has 176 valence electrons. The Hall–Kier alpha value is -3.63. The summed E-state index contributed by atoms with van der Waals surface area (Å²) in [7, 11) is 1.20. The number of carbonyl (C=O) groups excluding carboxylic acids is 1. The molecular weight excluding hydrogens is 446 g/mol. The lowest BCUT2D eigenvalue weighted by Gasteiger charge is -2.24. The number of benzene rings is 1. The van der Waals surface area contributed by atoms with E-state index in [9.17, 15) is 4.79 Å². The Morgan fingerprint density at radius 3 is 2.76 bits per heavy atom. The van der Waals surface area contributed by atoms with Crippen molar-refractivity contribution in [2.75, 3.05) is 26.8 Å². The van der Waals surface area contributed by atoms with Crippen LogP contribution in [-0.4, -0.2) is 53.2 Å². The van der Waals surface area contributed by atoms with Crippen LogP contribution in [0.15, 0.2) is 41.1 Å². The summed E-state index contributed by atoms with van der Waals surface area (Å²) < 4.78 is 48.3. The second-order valence-electron chi connectivity index (χ2n) is 8.08. The summed E-state index contributed by atoms with van der Waals surface area (Å²) in [6.45, 7) is 3.89. The van der Waals surface area contributed by atoms with E-state index in [4.69, 9.17) is 9.15 Å². The molecule has 4 heterocycles. The largest absolute Gasteiger partial charge is 0.464 e. The summed E-state index contributed by atoms with van der Waals surface area (Å²) in [5.41, 5.74) is 2.14. The molecular formula is C24H22F2N4O4. The number of hydrogen-bond donors (Lipinski definition) is 1. The first-order valence-electron chi connectivity index (χ1n) is 10.8. The topological polar surface area (TPSA) is 90.9 Å². The van der Waals surface area contributed by atoms with Crippen molar-refractivity contribution >= 4 is 11.6 Å². The summed E-state index contributed by atoms with van der Waals surface area (Å²) >= 11 is 0. The Morgan fingerprint density at radius 1 is 1.26 bits per heavy atom. The number of oxazole rings is 1. The van der Waals surface area contributed by atoms with E-state index in [0.717, 1.165) is 30.5 Å². The Balaban J connectivity index is 1.59. The van der Waals surface area contributed by atoms with Gasteiger partial charge in [-0.1, -0.05) is 0 Å². The summed E-state index contributed by atoms with van der Waals surface area (Å²) in [5, 5.41) is 3.27. The standard InChI is InChI=1S/C24H22F2N4O4/c1-13-3-5-30-19(10-15-11-27-4-6-33-15)22(29-20(30)7-13)21-16(25)8-14(9-17(21)26)23-28-18(12-34-23)24(31)32-2/h3,5,7-9,12,15,27H,4,6,10-11H2,1-2H3. The molecule has 1 N–H and O–H groups in total. The molecule has 1 unspecified atom stereocenters. The van der Waals surface area contributed by atoms with Crippen LogP contribution in [0, 0.1) is 18.6 Å². The molecule has 0 amide bonds. The van der Waals surface area contributed by atoms with Crippen LogP contribution < -0.4 is 5.32 Å². The number of imidazole rings is 1. The van der Waals surface area contributed by atoms with Crippen LogP contribution in [0.2, 0.25) is 0 Å². The number of hydrogen-bond acceptors (Lipinski definition) is 7. The Labute approximate surface area is 193 Å². The maximum atomic E-state index is 15.4. The number of esters is 1. The third-order valence-corrected chi connectivity index (χ3v) is 5.73. The highest BCUT2D eigenvalue weighted by Crippen LogP contribution is 2.34. The van der Waals surface area contributed by atoms with E-state index in [-0.39, 0.29) is 34.5 Å². The van der Waals surface area contributed by atoms with Gasteiger partial charge in [0.1, 0.15) is 23.5 Å². The number of fused-ring (bicyclic) bond motifs is 1. The van der Waals surface area contributed by atoms with E-state index < -0.39 is 17.6 Å². The first-order valence-corrected chi connectivity index (χ1v) is 10.8. The van der Waals surface area contributed by atoms with Crippen molar-refractivity contribution in [2.24, 2.45) is 0 Å². The molecule has 3 aromatic heterocycles. The van der Waals surface area contributed by atoms with Gasteiger partial charge in [-0.3, -0.25) is 0 Å². The van der Waals surface area contributed by atoms with Crippen LogP contribution in [0.3, 0.4) is 0 Å². The van der Waals surface area contributed by atoms with Crippen molar-refractivity contribution in [3.63, 3.8) is 0 Å². The average molecular weight is 468 g/mol. The summed E-state index contributed by atoms with van der Waals surface area (Å²) in [6.07, 6.45) is 3.20. The smallest absolute Gasteiger partial charge is 0.360 e. The first-order chi connectivity index (χ1) is 16.4. The average Bonchev–Trinajstić information content (AvgIpc) is 3.44. The van der Waals surface area contributed by atoms with Crippen LogP contribution in [0.1, 0.15) is 21.7 Å². The fraction of sp³-hybridized carbons (Fsp3) is 0.292. The SMILES string of the molecule is COC(=O)c1coc(-c2cc(F)c(-c3nc4cc(C)ccn4c3CC3CNCCO3)c(F)c2)n1. The number of pyridine rings is 1. The highest BCUT2D eigenvalue weighted by Gasteiger charge is 2.26. The van der Waals surface area contributed by atoms with E-state index in [1.54, 1.807) is 0 Å². The van der Waals surface area contributed by atoms with Gasteiger partial charge in [0, 0.05) is 31.3 Å².